The van der Waals surface area contributed by atoms with E-state index >= 15 is 0 Å². The summed E-state index contributed by atoms with van der Waals surface area (Å²) in [6.07, 6.45) is 0. The van der Waals surface area contributed by atoms with Gasteiger partial charge in [-0.1, -0.05) is 42.5 Å². The third-order valence-corrected chi connectivity index (χ3v) is 5.29. The van der Waals surface area contributed by atoms with Crippen LogP contribution in [0.3, 0.4) is 0 Å². The molecule has 2 rings (SSSR count). The zero-order valence-electron chi connectivity index (χ0n) is 10.5. The Morgan fingerprint density at radius 2 is 1.65 bits per heavy atom. The van der Waals surface area contributed by atoms with Crippen molar-refractivity contribution in [2.45, 2.75) is 10.9 Å². The summed E-state index contributed by atoms with van der Waals surface area (Å²) in [4.78, 5) is 0.148. The summed E-state index contributed by atoms with van der Waals surface area (Å²) in [6.45, 7) is -0.312. The smallest absolute Gasteiger partial charge is 0.242 e. The summed E-state index contributed by atoms with van der Waals surface area (Å²) in [5.74, 6) is 0. The van der Waals surface area contributed by atoms with Crippen LogP contribution in [-0.2, 0) is 10.0 Å². The lowest BCUT2D eigenvalue weighted by Gasteiger charge is -2.17. The molecule has 6 heteroatoms. The van der Waals surface area contributed by atoms with E-state index in [1.54, 1.807) is 42.5 Å². The molecule has 0 saturated carbocycles. The fraction of sp³-hybridized carbons (Fsp3) is 0.143. The first-order chi connectivity index (χ1) is 9.54. The van der Waals surface area contributed by atoms with Gasteiger partial charge in [-0.2, -0.15) is 0 Å². The molecule has 0 spiro atoms. The van der Waals surface area contributed by atoms with E-state index in [2.05, 4.69) is 20.7 Å². The van der Waals surface area contributed by atoms with Crippen LogP contribution in [0.15, 0.2) is 64.0 Å². The van der Waals surface area contributed by atoms with Gasteiger partial charge in [-0.3, -0.25) is 0 Å². The zero-order valence-corrected chi connectivity index (χ0v) is 12.9. The van der Waals surface area contributed by atoms with Crippen molar-refractivity contribution in [2.75, 3.05) is 6.61 Å². The maximum atomic E-state index is 12.3. The highest BCUT2D eigenvalue weighted by molar-refractivity contribution is 9.10. The van der Waals surface area contributed by atoms with Crippen LogP contribution < -0.4 is 4.72 Å². The van der Waals surface area contributed by atoms with Crippen molar-refractivity contribution >= 4 is 26.0 Å². The monoisotopic (exact) mass is 355 g/mol. The fourth-order valence-electron chi connectivity index (χ4n) is 1.81. The molecular formula is C14H14BrNO3S. The normalized spacial score (nSPS) is 13.1. The Hall–Kier alpha value is -1.21. The predicted molar refractivity (Wildman–Crippen MR) is 80.7 cm³/mol. The Balaban J connectivity index is 2.30. The van der Waals surface area contributed by atoms with Gasteiger partial charge in [-0.25, -0.2) is 13.1 Å². The molecule has 0 aliphatic heterocycles. The number of aliphatic hydroxyl groups is 1. The van der Waals surface area contributed by atoms with Crippen molar-refractivity contribution in [1.29, 1.82) is 0 Å². The average molecular weight is 356 g/mol. The standard InChI is InChI=1S/C14H14BrNO3S/c15-12-8-4-5-9-14(12)20(18,19)16-13(10-17)11-6-2-1-3-7-11/h1-9,13,16-17H,10H2/t13-/m0/s1. The Labute approximate surface area is 126 Å². The highest BCUT2D eigenvalue weighted by atomic mass is 79.9. The molecule has 2 aromatic carbocycles. The summed E-state index contributed by atoms with van der Waals surface area (Å²) in [5.41, 5.74) is 0.714. The van der Waals surface area contributed by atoms with E-state index in [9.17, 15) is 13.5 Å². The highest BCUT2D eigenvalue weighted by Crippen LogP contribution is 2.23. The maximum absolute atomic E-state index is 12.3. The minimum Gasteiger partial charge on any atom is -0.394 e. The third-order valence-electron chi connectivity index (χ3n) is 2.81. The quantitative estimate of drug-likeness (QED) is 0.865. The van der Waals surface area contributed by atoms with Crippen LogP contribution in [-0.4, -0.2) is 20.1 Å². The number of hydrogen-bond donors (Lipinski definition) is 2. The molecule has 0 saturated heterocycles. The van der Waals surface area contributed by atoms with Crippen LogP contribution in [0.1, 0.15) is 11.6 Å². The Bertz CT molecular complexity index is 674. The average Bonchev–Trinajstić information content (AvgIpc) is 2.46. The molecule has 0 amide bonds. The van der Waals surface area contributed by atoms with Gasteiger partial charge in [0, 0.05) is 4.47 Å². The molecule has 0 heterocycles. The van der Waals surface area contributed by atoms with E-state index in [0.717, 1.165) is 0 Å². The summed E-state index contributed by atoms with van der Waals surface area (Å²) in [6, 6.07) is 14.8. The minimum absolute atomic E-state index is 0.148. The molecule has 2 aromatic rings. The SMILES string of the molecule is O=S(=O)(N[C@@H](CO)c1ccccc1)c1ccccc1Br. The lowest BCUT2D eigenvalue weighted by Crippen LogP contribution is -2.31. The van der Waals surface area contributed by atoms with E-state index in [1.165, 1.54) is 6.07 Å². The van der Waals surface area contributed by atoms with Crippen LogP contribution >= 0.6 is 15.9 Å². The first-order valence-electron chi connectivity index (χ1n) is 5.97. The zero-order chi connectivity index (χ0) is 14.6. The van der Waals surface area contributed by atoms with Gasteiger partial charge in [0.05, 0.1) is 17.5 Å². The molecule has 0 aliphatic carbocycles. The molecule has 1 atom stereocenters. The van der Waals surface area contributed by atoms with Crippen LogP contribution in [0, 0.1) is 0 Å². The molecular weight excluding hydrogens is 342 g/mol. The summed E-state index contributed by atoms with van der Waals surface area (Å²) < 4.78 is 27.7. The van der Waals surface area contributed by atoms with Crippen LogP contribution in [0.25, 0.3) is 0 Å². The second kappa shape index (κ2) is 6.49. The molecule has 0 radical (unpaired) electrons. The van der Waals surface area contributed by atoms with Crippen molar-refractivity contribution in [3.8, 4) is 0 Å². The summed E-state index contributed by atoms with van der Waals surface area (Å²) in [5, 5.41) is 9.42. The van der Waals surface area contributed by atoms with E-state index in [0.29, 0.717) is 10.0 Å². The fourth-order valence-corrected chi connectivity index (χ4v) is 4.03. The summed E-state index contributed by atoms with van der Waals surface area (Å²) >= 11 is 3.22. The van der Waals surface area contributed by atoms with E-state index in [-0.39, 0.29) is 11.5 Å². The number of nitrogens with one attached hydrogen (secondary N) is 1. The van der Waals surface area contributed by atoms with Crippen molar-refractivity contribution in [2.24, 2.45) is 0 Å². The highest BCUT2D eigenvalue weighted by Gasteiger charge is 2.22. The Morgan fingerprint density at radius 3 is 2.25 bits per heavy atom. The molecule has 0 aromatic heterocycles. The lowest BCUT2D eigenvalue weighted by molar-refractivity contribution is 0.259. The number of sulfonamides is 1. The van der Waals surface area contributed by atoms with Gasteiger partial charge in [0.15, 0.2) is 0 Å². The van der Waals surface area contributed by atoms with Crippen molar-refractivity contribution < 1.29 is 13.5 Å². The van der Waals surface area contributed by atoms with Crippen molar-refractivity contribution in [3.05, 3.63) is 64.6 Å². The van der Waals surface area contributed by atoms with E-state index in [1.807, 2.05) is 6.07 Å². The number of rotatable bonds is 5. The largest absolute Gasteiger partial charge is 0.394 e. The van der Waals surface area contributed by atoms with Gasteiger partial charge in [0.2, 0.25) is 10.0 Å². The van der Waals surface area contributed by atoms with Crippen LogP contribution in [0.4, 0.5) is 0 Å². The summed E-state index contributed by atoms with van der Waals surface area (Å²) in [7, 11) is -3.71. The van der Waals surface area contributed by atoms with Crippen LogP contribution in [0.2, 0.25) is 0 Å². The molecule has 20 heavy (non-hydrogen) atoms. The number of hydrogen-bond acceptors (Lipinski definition) is 3. The molecule has 106 valence electrons. The molecule has 0 unspecified atom stereocenters. The first-order valence-corrected chi connectivity index (χ1v) is 8.25. The molecule has 2 N–H and O–H groups in total. The van der Waals surface area contributed by atoms with Gasteiger partial charge >= 0.3 is 0 Å². The van der Waals surface area contributed by atoms with Gasteiger partial charge in [0.1, 0.15) is 0 Å². The molecule has 0 fully saturated rings. The number of halogens is 1. The number of benzene rings is 2. The van der Waals surface area contributed by atoms with Crippen molar-refractivity contribution in [1.82, 2.24) is 4.72 Å². The first kappa shape index (κ1) is 15.2. The molecule has 4 nitrogen and oxygen atoms in total. The van der Waals surface area contributed by atoms with Gasteiger partial charge in [-0.15, -0.1) is 0 Å². The second-order valence-corrected chi connectivity index (χ2v) is 6.73. The second-order valence-electron chi connectivity index (χ2n) is 4.20. The van der Waals surface area contributed by atoms with E-state index < -0.39 is 16.1 Å². The van der Waals surface area contributed by atoms with Gasteiger partial charge < -0.3 is 5.11 Å². The minimum atomic E-state index is -3.71. The molecule has 0 bridgehead atoms. The van der Waals surface area contributed by atoms with Gasteiger partial charge in [-0.05, 0) is 33.6 Å². The topological polar surface area (TPSA) is 66.4 Å². The number of aliphatic hydroxyl groups excluding tert-OH is 1. The maximum Gasteiger partial charge on any atom is 0.242 e. The van der Waals surface area contributed by atoms with E-state index in [4.69, 9.17) is 0 Å². The Kier molecular flexibility index (Phi) is 4.93. The van der Waals surface area contributed by atoms with Crippen molar-refractivity contribution in [3.63, 3.8) is 0 Å². The lowest BCUT2D eigenvalue weighted by atomic mass is 10.1. The molecule has 0 aliphatic rings. The predicted octanol–water partition coefficient (Wildman–Crippen LogP) is 2.46. The van der Waals surface area contributed by atoms with Crippen LogP contribution in [0.5, 0.6) is 0 Å². The Morgan fingerprint density at radius 1 is 1.05 bits per heavy atom. The third kappa shape index (κ3) is 3.46. The van der Waals surface area contributed by atoms with Gasteiger partial charge in [0.25, 0.3) is 0 Å².